The number of carbonyl (C=O) groups is 7. The molecular weight excluding hydrogens is 1250 g/mol. The number of likely N-dealkylation sites (tertiary alicyclic amines) is 1. The first kappa shape index (κ1) is 68.4. The largest absolute Gasteiger partial charge is 0.494 e. The zero-order valence-electron chi connectivity index (χ0n) is 48.5. The number of carboxylic acid groups (broad SMARTS) is 1. The molecule has 27 nitrogen and oxygen atoms in total. The summed E-state index contributed by atoms with van der Waals surface area (Å²) in [5.74, 6) is -2.97. The average Bonchev–Trinajstić information content (AvgIpc) is 2.80. The Morgan fingerprint density at radius 3 is 2.13 bits per heavy atom. The Morgan fingerprint density at radius 1 is 0.805 bits per heavy atom. The van der Waals surface area contributed by atoms with Gasteiger partial charge in [-0.15, -0.1) is 6.42 Å². The highest BCUT2D eigenvalue weighted by Crippen LogP contribution is 2.32. The average molecular weight is 1330 g/mol. The number of amides is 4. The van der Waals surface area contributed by atoms with Crippen LogP contribution in [0.1, 0.15) is 48.0 Å². The van der Waals surface area contributed by atoms with Gasteiger partial charge in [-0.2, -0.15) is 15.3 Å². The summed E-state index contributed by atoms with van der Waals surface area (Å²) in [5, 5.41) is 28.5. The minimum atomic E-state index is -3.09. The summed E-state index contributed by atoms with van der Waals surface area (Å²) in [7, 11) is 0. The molecule has 0 bridgehead atoms. The van der Waals surface area contributed by atoms with Gasteiger partial charge in [0, 0.05) is 132 Å². The van der Waals surface area contributed by atoms with Crippen molar-refractivity contribution in [2.24, 2.45) is 15.3 Å². The predicted molar refractivity (Wildman–Crippen MR) is 327 cm³/mol. The van der Waals surface area contributed by atoms with Crippen molar-refractivity contribution in [3.8, 4) is 18.1 Å². The lowest BCUT2D eigenvalue weighted by Gasteiger charge is -2.34. The maximum atomic E-state index is 14.0. The van der Waals surface area contributed by atoms with Crippen LogP contribution in [-0.4, -0.2) is 268 Å². The molecule has 2 atom stereocenters. The molecule has 6 N–H and O–H groups in total. The third-order valence-corrected chi connectivity index (χ3v) is 15.0. The number of piperazine rings is 1. The molecule has 4 heterocycles. The highest BCUT2D eigenvalue weighted by atomic mass is 127. The lowest BCUT2D eigenvalue weighted by Crippen LogP contribution is -2.50. The smallest absolute Gasteiger partial charge is 0.317 e. The number of hydrazone groups is 3. The van der Waals surface area contributed by atoms with Crippen molar-refractivity contribution in [3.63, 3.8) is 0 Å². The summed E-state index contributed by atoms with van der Waals surface area (Å²) >= 11 is 2.23. The Bertz CT molecular complexity index is 2850. The molecule has 4 amide bonds. The number of carbonyl (C=O) groups excluding carboxylic acids is 6. The number of halogens is 3. The van der Waals surface area contributed by atoms with Crippen LogP contribution in [0, 0.1) is 15.9 Å². The van der Waals surface area contributed by atoms with E-state index >= 15 is 0 Å². The van der Waals surface area contributed by atoms with Crippen LogP contribution in [0.2, 0.25) is 0 Å². The third kappa shape index (κ3) is 24.9. The Kier molecular flexibility index (Phi) is 29.2. The molecular formula is C57H77F2IN16O11. The van der Waals surface area contributed by atoms with E-state index in [1.807, 2.05) is 43.9 Å². The van der Waals surface area contributed by atoms with E-state index in [1.165, 1.54) is 12.3 Å². The molecule has 2 aromatic carbocycles. The van der Waals surface area contributed by atoms with Crippen molar-refractivity contribution >= 4 is 94.7 Å². The number of unbranched alkanes of at least 4 members (excludes halogenated alkanes) is 1. The molecule has 3 fully saturated rings. The minimum Gasteiger partial charge on any atom is -0.494 e. The standard InChI is InChI=1S/C57H77F2IN16O11/c1-2-47-32-57(58,59)38-76(47)54(81)35-62-56(84)49-12-14-61-51-10-9-48(31-50(49)51)87-30-4-3-17-70-26-28-75(29-27-70)53(80)13-16-63-66-34-46(11-15-64-67-39-68-65-33-44-5-7-45(60)8-6-44)69-52(79)36-71-18-19-72(37-55(82)83)21-23-74(41-86-43-78)25-24-73(22-20-71)40-85-42-77/h1,5-10,12,14-15,31,33-34,42-43,46-47,63,67-68H,3-4,11,13,16-30,32,35-41H2,(H,62,84)(H,69,79)(H,82,83)/b64-15+,65-33+,66-34-/t46?,47-/m0/s1. The van der Waals surface area contributed by atoms with Gasteiger partial charge in [0.05, 0.1) is 62.2 Å². The highest BCUT2D eigenvalue weighted by Gasteiger charge is 2.46. The van der Waals surface area contributed by atoms with Gasteiger partial charge < -0.3 is 45.2 Å². The van der Waals surface area contributed by atoms with E-state index in [9.17, 15) is 47.4 Å². The topological polar surface area (TPSA) is 300 Å². The van der Waals surface area contributed by atoms with Gasteiger partial charge in [-0.05, 0) is 83.9 Å². The van der Waals surface area contributed by atoms with Gasteiger partial charge in [-0.3, -0.25) is 73.9 Å². The van der Waals surface area contributed by atoms with E-state index in [4.69, 9.17) is 20.6 Å². The molecule has 3 aliphatic heterocycles. The number of fused-ring (bicyclic) bond motifs is 1. The SMILES string of the molecule is C#C[C@H]1CC(F)(F)CN1C(=O)CNC(=O)c1ccnc2ccc(OCCCCN3CCN(C(=O)CCN/N=C\C(C/C=N/NCN/N=C/c4ccc(I)cc4)NC(=O)CN4CCN(COC=O)CCN(COC=O)CCN(CC(=O)O)CC4)CC3)cc12. The normalized spacial score (nSPS) is 18.1. The van der Waals surface area contributed by atoms with Gasteiger partial charge in [0.25, 0.3) is 24.8 Å². The first-order chi connectivity index (χ1) is 42.1. The lowest BCUT2D eigenvalue weighted by atomic mass is 10.1. The van der Waals surface area contributed by atoms with Crippen molar-refractivity contribution < 1.29 is 61.7 Å². The van der Waals surface area contributed by atoms with Gasteiger partial charge in [0.2, 0.25) is 17.7 Å². The van der Waals surface area contributed by atoms with Crippen LogP contribution in [0.25, 0.3) is 10.9 Å². The Labute approximate surface area is 517 Å². The number of ether oxygens (including phenoxy) is 3. The van der Waals surface area contributed by atoms with Gasteiger partial charge >= 0.3 is 5.97 Å². The number of carboxylic acids is 1. The number of hydrogen-bond acceptors (Lipinski definition) is 22. The fourth-order valence-corrected chi connectivity index (χ4v) is 9.98. The maximum Gasteiger partial charge on any atom is 0.317 e. The number of hydrogen-bond donors (Lipinski definition) is 6. The second-order valence-corrected chi connectivity index (χ2v) is 21.9. The number of pyridine rings is 1. The summed E-state index contributed by atoms with van der Waals surface area (Å²) < 4.78 is 45.1. The summed E-state index contributed by atoms with van der Waals surface area (Å²) in [6.45, 7) is 6.39. The zero-order chi connectivity index (χ0) is 62.2. The van der Waals surface area contributed by atoms with Crippen LogP contribution >= 0.6 is 22.6 Å². The van der Waals surface area contributed by atoms with Crippen LogP contribution in [-0.2, 0) is 38.2 Å². The summed E-state index contributed by atoms with van der Waals surface area (Å²) in [5.41, 5.74) is 10.4. The molecule has 0 aliphatic carbocycles. The molecule has 1 unspecified atom stereocenters. The fraction of sp³-hybridized carbons (Fsp3) is 0.526. The molecule has 3 aromatic rings. The number of alkyl halides is 2. The number of benzene rings is 2. The number of terminal acetylenes is 1. The first-order valence-corrected chi connectivity index (χ1v) is 29.7. The van der Waals surface area contributed by atoms with Gasteiger partial charge in [-0.25, -0.2) is 8.78 Å². The monoisotopic (exact) mass is 1330 g/mol. The van der Waals surface area contributed by atoms with Gasteiger partial charge in [-0.1, -0.05) is 18.1 Å². The molecule has 6 rings (SSSR count). The first-order valence-electron chi connectivity index (χ1n) is 28.6. The number of nitrogens with one attached hydrogen (secondary N) is 5. The predicted octanol–water partition coefficient (Wildman–Crippen LogP) is 0.306. The molecule has 3 aliphatic rings. The summed E-state index contributed by atoms with van der Waals surface area (Å²) in [4.78, 5) is 104. The Morgan fingerprint density at radius 2 is 1.46 bits per heavy atom. The molecule has 87 heavy (non-hydrogen) atoms. The molecule has 30 heteroatoms. The van der Waals surface area contributed by atoms with Crippen molar-refractivity contribution in [1.29, 1.82) is 0 Å². The Balaban J connectivity index is 0.937. The summed E-state index contributed by atoms with van der Waals surface area (Å²) in [6, 6.07) is 12.9. The van der Waals surface area contributed by atoms with E-state index in [-0.39, 0.29) is 70.0 Å². The van der Waals surface area contributed by atoms with Crippen molar-refractivity contribution in [2.45, 2.75) is 50.1 Å². The number of nitrogens with zero attached hydrogens (tertiary/aromatic N) is 11. The van der Waals surface area contributed by atoms with E-state index in [0.717, 1.165) is 33.4 Å². The second-order valence-electron chi connectivity index (χ2n) is 20.7. The van der Waals surface area contributed by atoms with Crippen LogP contribution in [0.4, 0.5) is 8.78 Å². The van der Waals surface area contributed by atoms with E-state index in [1.54, 1.807) is 41.7 Å². The van der Waals surface area contributed by atoms with E-state index < -0.39 is 55.3 Å². The van der Waals surface area contributed by atoms with Crippen molar-refractivity contribution in [2.75, 3.05) is 145 Å². The van der Waals surface area contributed by atoms with Gasteiger partial charge in [0.15, 0.2) is 0 Å². The maximum absolute atomic E-state index is 14.0. The molecule has 3 saturated heterocycles. The van der Waals surface area contributed by atoms with E-state index in [0.29, 0.717) is 115 Å². The van der Waals surface area contributed by atoms with Crippen molar-refractivity contribution in [3.05, 3.63) is 69.4 Å². The number of aliphatic carboxylic acids is 1. The Hall–Kier alpha value is -7.70. The highest BCUT2D eigenvalue weighted by molar-refractivity contribution is 14.1. The third-order valence-electron chi connectivity index (χ3n) is 14.3. The molecule has 0 saturated carbocycles. The minimum absolute atomic E-state index is 0.000726. The number of aromatic nitrogens is 1. The van der Waals surface area contributed by atoms with Crippen LogP contribution in [0.3, 0.4) is 0 Å². The second kappa shape index (κ2) is 37.1. The summed E-state index contributed by atoms with van der Waals surface area (Å²) in [6.07, 6.45) is 13.1. The zero-order valence-corrected chi connectivity index (χ0v) is 50.6. The van der Waals surface area contributed by atoms with Crippen LogP contribution in [0.5, 0.6) is 5.75 Å². The fourth-order valence-electron chi connectivity index (χ4n) is 9.63. The van der Waals surface area contributed by atoms with Crippen LogP contribution in [0.15, 0.2) is 70.0 Å². The van der Waals surface area contributed by atoms with E-state index in [2.05, 4.69) is 80.6 Å². The molecule has 0 spiro atoms. The quantitative estimate of drug-likeness (QED) is 0.00932. The number of rotatable bonds is 32. The molecule has 1 aromatic heterocycles. The van der Waals surface area contributed by atoms with Crippen LogP contribution < -0.4 is 31.6 Å². The lowest BCUT2D eigenvalue weighted by molar-refractivity contribution is -0.139. The molecule has 0 radical (unpaired) electrons. The van der Waals surface area contributed by atoms with Gasteiger partial charge in [0.1, 0.15) is 25.9 Å². The van der Waals surface area contributed by atoms with Crippen molar-refractivity contribution in [1.82, 2.24) is 66.2 Å². The molecule has 472 valence electrons.